The highest BCUT2D eigenvalue weighted by Gasteiger charge is 2.27. The Balaban J connectivity index is 1.83. The topological polar surface area (TPSA) is 73.2 Å². The van der Waals surface area contributed by atoms with Gasteiger partial charge in [0.2, 0.25) is 0 Å². The maximum atomic E-state index is 13.5. The zero-order valence-corrected chi connectivity index (χ0v) is 14.1. The number of aromatic nitrogens is 2. The standard InChI is InChI=1S/C18H17F2N3O3/c1-26-16(24)6-3-9-21-18(25)17-12-4-2-5-15(12)23(22-17)11-7-8-13(19)14(20)10-11/h3,6-8,10H,2,4-5,9H2,1H3,(H,21,25)/b6-3+. The highest BCUT2D eigenvalue weighted by atomic mass is 19.2. The molecule has 8 heteroatoms. The molecule has 1 aliphatic carbocycles. The number of carbonyl (C=O) groups is 2. The second kappa shape index (κ2) is 7.47. The molecule has 0 fully saturated rings. The number of halogens is 2. The number of fused-ring (bicyclic) bond motifs is 1. The van der Waals surface area contributed by atoms with E-state index in [-0.39, 0.29) is 18.1 Å². The summed E-state index contributed by atoms with van der Waals surface area (Å²) in [5.41, 5.74) is 2.26. The minimum absolute atomic E-state index is 0.140. The van der Waals surface area contributed by atoms with Gasteiger partial charge in [0.05, 0.1) is 12.8 Å². The predicted octanol–water partition coefficient (Wildman–Crippen LogP) is 2.10. The number of amides is 1. The molecule has 1 N–H and O–H groups in total. The van der Waals surface area contributed by atoms with Gasteiger partial charge in [0.1, 0.15) is 0 Å². The van der Waals surface area contributed by atoms with E-state index in [9.17, 15) is 18.4 Å². The summed E-state index contributed by atoms with van der Waals surface area (Å²) < 4.78 is 32.7. The molecule has 0 saturated heterocycles. The van der Waals surface area contributed by atoms with Gasteiger partial charge in [0.25, 0.3) is 5.91 Å². The third-order valence-electron chi connectivity index (χ3n) is 4.13. The van der Waals surface area contributed by atoms with E-state index in [1.165, 1.54) is 30.0 Å². The molecule has 1 amide bonds. The van der Waals surface area contributed by atoms with Crippen molar-refractivity contribution in [3.8, 4) is 5.69 Å². The fourth-order valence-corrected chi connectivity index (χ4v) is 2.91. The number of nitrogens with zero attached hydrogens (tertiary/aromatic N) is 2. The van der Waals surface area contributed by atoms with Gasteiger partial charge in [0, 0.05) is 29.9 Å². The van der Waals surface area contributed by atoms with Crippen LogP contribution in [0.15, 0.2) is 30.4 Å². The fourth-order valence-electron chi connectivity index (χ4n) is 2.91. The first-order chi connectivity index (χ1) is 12.5. The Labute approximate surface area is 148 Å². The van der Waals surface area contributed by atoms with Crippen LogP contribution in [-0.2, 0) is 22.4 Å². The SMILES string of the molecule is COC(=O)/C=C/CNC(=O)c1nn(-c2ccc(F)c(F)c2)c2c1CCC2. The molecule has 1 aromatic carbocycles. The van der Waals surface area contributed by atoms with Crippen LogP contribution >= 0.6 is 0 Å². The molecule has 0 unspecified atom stereocenters. The summed E-state index contributed by atoms with van der Waals surface area (Å²) in [7, 11) is 1.26. The Morgan fingerprint density at radius 2 is 2.12 bits per heavy atom. The third-order valence-corrected chi connectivity index (χ3v) is 4.13. The van der Waals surface area contributed by atoms with E-state index in [0.29, 0.717) is 18.5 Å². The lowest BCUT2D eigenvalue weighted by atomic mass is 10.2. The monoisotopic (exact) mass is 361 g/mol. The highest BCUT2D eigenvalue weighted by molar-refractivity contribution is 5.94. The van der Waals surface area contributed by atoms with Crippen molar-refractivity contribution in [3.05, 3.63) is 58.9 Å². The van der Waals surface area contributed by atoms with Crippen LogP contribution in [0, 0.1) is 11.6 Å². The van der Waals surface area contributed by atoms with Crippen LogP contribution in [0.25, 0.3) is 5.69 Å². The summed E-state index contributed by atoms with van der Waals surface area (Å²) in [6.07, 6.45) is 4.94. The largest absolute Gasteiger partial charge is 0.466 e. The average molecular weight is 361 g/mol. The highest BCUT2D eigenvalue weighted by Crippen LogP contribution is 2.28. The minimum atomic E-state index is -0.969. The van der Waals surface area contributed by atoms with Gasteiger partial charge < -0.3 is 10.1 Å². The first-order valence-electron chi connectivity index (χ1n) is 8.10. The van der Waals surface area contributed by atoms with Crippen molar-refractivity contribution in [2.75, 3.05) is 13.7 Å². The van der Waals surface area contributed by atoms with Gasteiger partial charge in [-0.1, -0.05) is 6.08 Å². The zero-order chi connectivity index (χ0) is 18.7. The van der Waals surface area contributed by atoms with E-state index in [0.717, 1.165) is 29.8 Å². The van der Waals surface area contributed by atoms with Gasteiger partial charge in [-0.15, -0.1) is 0 Å². The number of carbonyl (C=O) groups excluding carboxylic acids is 2. The number of rotatable bonds is 5. The number of methoxy groups -OCH3 is 1. The first kappa shape index (κ1) is 17.8. The summed E-state index contributed by atoms with van der Waals surface area (Å²) >= 11 is 0. The molecule has 1 aliphatic rings. The number of esters is 1. The lowest BCUT2D eigenvalue weighted by molar-refractivity contribution is -0.134. The summed E-state index contributed by atoms with van der Waals surface area (Å²) in [6, 6.07) is 3.51. The van der Waals surface area contributed by atoms with Crippen molar-refractivity contribution in [2.24, 2.45) is 0 Å². The molecule has 0 spiro atoms. The van der Waals surface area contributed by atoms with E-state index in [1.807, 2.05) is 0 Å². The maximum Gasteiger partial charge on any atom is 0.330 e. The summed E-state index contributed by atoms with van der Waals surface area (Å²) in [4.78, 5) is 23.4. The maximum absolute atomic E-state index is 13.5. The Morgan fingerprint density at radius 3 is 2.85 bits per heavy atom. The van der Waals surface area contributed by atoms with Crippen molar-refractivity contribution in [2.45, 2.75) is 19.3 Å². The van der Waals surface area contributed by atoms with Gasteiger partial charge in [0.15, 0.2) is 17.3 Å². The van der Waals surface area contributed by atoms with Gasteiger partial charge in [-0.25, -0.2) is 18.3 Å². The molecular weight excluding hydrogens is 344 g/mol. The average Bonchev–Trinajstić information content (AvgIpc) is 3.23. The number of nitrogens with one attached hydrogen (secondary N) is 1. The molecule has 0 atom stereocenters. The van der Waals surface area contributed by atoms with E-state index in [1.54, 1.807) is 0 Å². The molecule has 26 heavy (non-hydrogen) atoms. The van der Waals surface area contributed by atoms with Crippen molar-refractivity contribution in [1.29, 1.82) is 0 Å². The quantitative estimate of drug-likeness (QED) is 0.654. The molecule has 0 saturated carbocycles. The predicted molar refractivity (Wildman–Crippen MR) is 89.0 cm³/mol. The van der Waals surface area contributed by atoms with Crippen molar-refractivity contribution >= 4 is 11.9 Å². The van der Waals surface area contributed by atoms with Crippen LogP contribution in [-0.4, -0.2) is 35.3 Å². The molecule has 6 nitrogen and oxygen atoms in total. The molecule has 0 bridgehead atoms. The number of benzene rings is 1. The van der Waals surface area contributed by atoms with Crippen LogP contribution < -0.4 is 5.32 Å². The lowest BCUT2D eigenvalue weighted by Crippen LogP contribution is -2.25. The minimum Gasteiger partial charge on any atom is -0.466 e. The third kappa shape index (κ3) is 3.49. The number of ether oxygens (including phenoxy) is 1. The van der Waals surface area contributed by atoms with Gasteiger partial charge >= 0.3 is 5.97 Å². The second-order valence-electron chi connectivity index (χ2n) is 5.77. The Hall–Kier alpha value is -3.03. The zero-order valence-electron chi connectivity index (χ0n) is 14.1. The molecule has 2 aromatic rings. The molecule has 0 radical (unpaired) electrons. The lowest BCUT2D eigenvalue weighted by Gasteiger charge is -2.06. The summed E-state index contributed by atoms with van der Waals surface area (Å²) in [5, 5.41) is 6.95. The molecule has 136 valence electrons. The van der Waals surface area contributed by atoms with Crippen LogP contribution in [0.2, 0.25) is 0 Å². The summed E-state index contributed by atoms with van der Waals surface area (Å²) in [6.45, 7) is 0.140. The molecular formula is C18H17F2N3O3. The van der Waals surface area contributed by atoms with Crippen molar-refractivity contribution < 1.29 is 23.1 Å². The normalized spacial score (nSPS) is 13.0. The Bertz CT molecular complexity index is 890. The van der Waals surface area contributed by atoms with Crippen LogP contribution in [0.5, 0.6) is 0 Å². The van der Waals surface area contributed by atoms with Gasteiger partial charge in [-0.3, -0.25) is 4.79 Å². The van der Waals surface area contributed by atoms with Crippen molar-refractivity contribution in [1.82, 2.24) is 15.1 Å². The molecule has 3 rings (SSSR count). The molecule has 0 aliphatic heterocycles. The van der Waals surface area contributed by atoms with Gasteiger partial charge in [-0.2, -0.15) is 5.10 Å². The molecule has 1 aromatic heterocycles. The van der Waals surface area contributed by atoms with Crippen LogP contribution in [0.4, 0.5) is 8.78 Å². The Kier molecular flexibility index (Phi) is 5.11. The van der Waals surface area contributed by atoms with E-state index in [4.69, 9.17) is 0 Å². The summed E-state index contributed by atoms with van der Waals surface area (Å²) in [5.74, 6) is -2.81. The number of hydrogen-bond acceptors (Lipinski definition) is 4. The van der Waals surface area contributed by atoms with Gasteiger partial charge in [-0.05, 0) is 31.4 Å². The van der Waals surface area contributed by atoms with E-state index in [2.05, 4.69) is 15.2 Å². The fraction of sp³-hybridized carbons (Fsp3) is 0.278. The Morgan fingerprint density at radius 1 is 1.31 bits per heavy atom. The van der Waals surface area contributed by atoms with Crippen LogP contribution in [0.3, 0.4) is 0 Å². The number of hydrogen-bond donors (Lipinski definition) is 1. The van der Waals surface area contributed by atoms with E-state index >= 15 is 0 Å². The smallest absolute Gasteiger partial charge is 0.330 e. The van der Waals surface area contributed by atoms with Crippen LogP contribution in [0.1, 0.15) is 28.2 Å². The van der Waals surface area contributed by atoms with Crippen molar-refractivity contribution in [3.63, 3.8) is 0 Å². The molecule has 1 heterocycles. The first-order valence-corrected chi connectivity index (χ1v) is 8.10. The van der Waals surface area contributed by atoms with E-state index < -0.39 is 17.6 Å². The second-order valence-corrected chi connectivity index (χ2v) is 5.77.